The zero-order valence-corrected chi connectivity index (χ0v) is 10.6. The van der Waals surface area contributed by atoms with E-state index in [9.17, 15) is 9.90 Å². The maximum absolute atomic E-state index is 12.1. The molecule has 0 bridgehead atoms. The standard InChI is InChI=1S/C14H23NO2/c1-14(17)4-2-3-9(8-14)5-13(16)12-7-10-6-11(10)15-12/h9-12,15,17H,2-8H2,1H3/t9?,10-,11-,12+,14?/m1/s1. The molecule has 2 unspecified atom stereocenters. The van der Waals surface area contributed by atoms with Gasteiger partial charge in [0.25, 0.3) is 0 Å². The van der Waals surface area contributed by atoms with Gasteiger partial charge in [0, 0.05) is 12.5 Å². The first-order chi connectivity index (χ1) is 8.03. The van der Waals surface area contributed by atoms with E-state index in [0.29, 0.717) is 24.2 Å². The third-order valence-electron chi connectivity index (χ3n) is 4.81. The van der Waals surface area contributed by atoms with Gasteiger partial charge in [-0.15, -0.1) is 0 Å². The number of hydrogen-bond donors (Lipinski definition) is 2. The van der Waals surface area contributed by atoms with Gasteiger partial charge in [0.1, 0.15) is 5.78 Å². The number of piperidine rings is 1. The van der Waals surface area contributed by atoms with E-state index < -0.39 is 5.60 Å². The van der Waals surface area contributed by atoms with Gasteiger partial charge in [0.15, 0.2) is 0 Å². The Labute approximate surface area is 103 Å². The summed E-state index contributed by atoms with van der Waals surface area (Å²) in [5.74, 6) is 1.59. The van der Waals surface area contributed by atoms with Crippen LogP contribution in [0.1, 0.15) is 51.9 Å². The minimum atomic E-state index is -0.533. The molecule has 17 heavy (non-hydrogen) atoms. The molecule has 3 rings (SSSR count). The smallest absolute Gasteiger partial charge is 0.150 e. The van der Waals surface area contributed by atoms with Gasteiger partial charge >= 0.3 is 0 Å². The molecule has 0 spiro atoms. The normalized spacial score (nSPS) is 48.8. The van der Waals surface area contributed by atoms with Gasteiger partial charge in [-0.1, -0.05) is 6.42 Å². The van der Waals surface area contributed by atoms with Gasteiger partial charge in [-0.25, -0.2) is 0 Å². The van der Waals surface area contributed by atoms with E-state index >= 15 is 0 Å². The van der Waals surface area contributed by atoms with Crippen LogP contribution < -0.4 is 5.32 Å². The number of carbonyl (C=O) groups excluding carboxylic acids is 1. The fraction of sp³-hybridized carbons (Fsp3) is 0.929. The largest absolute Gasteiger partial charge is 0.390 e. The Morgan fingerprint density at radius 3 is 2.94 bits per heavy atom. The summed E-state index contributed by atoms with van der Waals surface area (Å²) >= 11 is 0. The van der Waals surface area contributed by atoms with Gasteiger partial charge < -0.3 is 10.4 Å². The second-order valence-corrected chi connectivity index (χ2v) is 6.69. The maximum atomic E-state index is 12.1. The Morgan fingerprint density at radius 2 is 2.29 bits per heavy atom. The van der Waals surface area contributed by atoms with E-state index in [1.807, 2.05) is 6.92 Å². The molecule has 2 N–H and O–H groups in total. The van der Waals surface area contributed by atoms with Crippen LogP contribution in [0.15, 0.2) is 0 Å². The molecule has 0 amide bonds. The lowest BCUT2D eigenvalue weighted by molar-refractivity contribution is -0.122. The molecular weight excluding hydrogens is 214 g/mol. The maximum Gasteiger partial charge on any atom is 0.150 e. The van der Waals surface area contributed by atoms with Crippen molar-refractivity contribution in [1.82, 2.24) is 5.32 Å². The Kier molecular flexibility index (Phi) is 2.79. The summed E-state index contributed by atoms with van der Waals surface area (Å²) in [6.07, 6.45) is 6.89. The number of carbonyl (C=O) groups is 1. The molecule has 0 aromatic carbocycles. The molecule has 3 nitrogen and oxygen atoms in total. The highest BCUT2D eigenvalue weighted by Crippen LogP contribution is 2.42. The van der Waals surface area contributed by atoms with Gasteiger partial charge in [-0.05, 0) is 50.9 Å². The van der Waals surface area contributed by atoms with E-state index in [0.717, 1.165) is 38.0 Å². The summed E-state index contributed by atoms with van der Waals surface area (Å²) in [5.41, 5.74) is -0.533. The van der Waals surface area contributed by atoms with E-state index in [1.54, 1.807) is 0 Å². The predicted molar refractivity (Wildman–Crippen MR) is 65.6 cm³/mol. The summed E-state index contributed by atoms with van der Waals surface area (Å²) in [4.78, 5) is 12.1. The SMILES string of the molecule is CC1(O)CCCC(CC(=O)[C@@H]2C[C@H]3C[C@H]3N2)C1. The molecule has 0 radical (unpaired) electrons. The van der Waals surface area contributed by atoms with Crippen molar-refractivity contribution in [2.75, 3.05) is 0 Å². The number of aliphatic hydroxyl groups is 1. The molecule has 5 atom stereocenters. The van der Waals surface area contributed by atoms with Crippen molar-refractivity contribution in [2.24, 2.45) is 11.8 Å². The third-order valence-corrected chi connectivity index (χ3v) is 4.81. The molecule has 0 aromatic heterocycles. The molecule has 96 valence electrons. The molecule has 2 aliphatic carbocycles. The lowest BCUT2D eigenvalue weighted by Crippen LogP contribution is -2.37. The Bertz CT molecular complexity index is 316. The molecule has 2 saturated carbocycles. The van der Waals surface area contributed by atoms with Crippen LogP contribution >= 0.6 is 0 Å². The number of rotatable bonds is 3. The van der Waals surface area contributed by atoms with Crippen molar-refractivity contribution in [3.8, 4) is 0 Å². The summed E-state index contributed by atoms with van der Waals surface area (Å²) < 4.78 is 0. The fourth-order valence-electron chi connectivity index (χ4n) is 3.76. The van der Waals surface area contributed by atoms with Crippen LogP contribution in [-0.2, 0) is 4.79 Å². The second kappa shape index (κ2) is 4.06. The third kappa shape index (κ3) is 2.55. The number of ketones is 1. The average Bonchev–Trinajstić information content (AvgIpc) is 2.84. The summed E-state index contributed by atoms with van der Waals surface area (Å²) in [6.45, 7) is 1.91. The molecule has 3 heteroatoms. The number of fused-ring (bicyclic) bond motifs is 1. The van der Waals surface area contributed by atoms with Crippen molar-refractivity contribution in [3.05, 3.63) is 0 Å². The van der Waals surface area contributed by atoms with Gasteiger partial charge in [-0.2, -0.15) is 0 Å². The van der Waals surface area contributed by atoms with Gasteiger partial charge in [-0.3, -0.25) is 4.79 Å². The van der Waals surface area contributed by atoms with Crippen LogP contribution in [0.5, 0.6) is 0 Å². The van der Waals surface area contributed by atoms with Crippen LogP contribution in [0.2, 0.25) is 0 Å². The molecular formula is C14H23NO2. The quantitative estimate of drug-likeness (QED) is 0.784. The van der Waals surface area contributed by atoms with Crippen molar-refractivity contribution in [2.45, 2.75) is 69.6 Å². The number of nitrogens with one attached hydrogen (secondary N) is 1. The topological polar surface area (TPSA) is 49.3 Å². The first kappa shape index (κ1) is 11.7. The van der Waals surface area contributed by atoms with E-state index in [4.69, 9.17) is 0 Å². The van der Waals surface area contributed by atoms with Crippen LogP contribution in [0.3, 0.4) is 0 Å². The van der Waals surface area contributed by atoms with Crippen molar-refractivity contribution in [3.63, 3.8) is 0 Å². The highest BCUT2D eigenvalue weighted by atomic mass is 16.3. The second-order valence-electron chi connectivity index (χ2n) is 6.69. The molecule has 1 aliphatic heterocycles. The lowest BCUT2D eigenvalue weighted by atomic mass is 9.76. The zero-order chi connectivity index (χ0) is 12.0. The summed E-state index contributed by atoms with van der Waals surface area (Å²) in [7, 11) is 0. The fourth-order valence-corrected chi connectivity index (χ4v) is 3.76. The minimum absolute atomic E-state index is 0.130. The molecule has 1 heterocycles. The van der Waals surface area contributed by atoms with Crippen LogP contribution in [0.4, 0.5) is 0 Å². The Hall–Kier alpha value is -0.410. The van der Waals surface area contributed by atoms with Crippen molar-refractivity contribution < 1.29 is 9.90 Å². The Morgan fingerprint density at radius 1 is 1.47 bits per heavy atom. The first-order valence-corrected chi connectivity index (χ1v) is 7.05. The Balaban J connectivity index is 1.50. The zero-order valence-electron chi connectivity index (χ0n) is 10.6. The predicted octanol–water partition coefficient (Wildman–Crippen LogP) is 1.64. The van der Waals surface area contributed by atoms with Crippen molar-refractivity contribution in [1.29, 1.82) is 0 Å². The lowest BCUT2D eigenvalue weighted by Gasteiger charge is -2.34. The van der Waals surface area contributed by atoms with Crippen LogP contribution in [-0.4, -0.2) is 28.6 Å². The molecule has 0 aromatic rings. The van der Waals surface area contributed by atoms with E-state index in [1.165, 1.54) is 6.42 Å². The first-order valence-electron chi connectivity index (χ1n) is 7.05. The average molecular weight is 237 g/mol. The van der Waals surface area contributed by atoms with Gasteiger partial charge in [0.05, 0.1) is 11.6 Å². The van der Waals surface area contributed by atoms with E-state index in [-0.39, 0.29) is 6.04 Å². The summed E-state index contributed by atoms with van der Waals surface area (Å²) in [6, 6.07) is 0.782. The molecule has 3 fully saturated rings. The highest BCUT2D eigenvalue weighted by molar-refractivity contribution is 5.84. The van der Waals surface area contributed by atoms with Crippen LogP contribution in [0.25, 0.3) is 0 Å². The van der Waals surface area contributed by atoms with Crippen LogP contribution in [0, 0.1) is 11.8 Å². The minimum Gasteiger partial charge on any atom is -0.390 e. The van der Waals surface area contributed by atoms with Crippen molar-refractivity contribution >= 4 is 5.78 Å². The number of Topliss-reactive ketones (excluding diaryl/α,β-unsaturated/α-hetero) is 1. The molecule has 1 saturated heterocycles. The highest BCUT2D eigenvalue weighted by Gasteiger charge is 2.47. The van der Waals surface area contributed by atoms with E-state index in [2.05, 4.69) is 5.32 Å². The molecule has 3 aliphatic rings. The summed E-state index contributed by atoms with van der Waals surface area (Å²) in [5, 5.41) is 13.5. The van der Waals surface area contributed by atoms with Gasteiger partial charge in [0.2, 0.25) is 0 Å². The number of hydrogen-bond acceptors (Lipinski definition) is 3. The monoisotopic (exact) mass is 237 g/mol.